The van der Waals surface area contributed by atoms with E-state index >= 15 is 0 Å². The lowest BCUT2D eigenvalue weighted by Gasteiger charge is -2.31. The molecule has 1 aliphatic carbocycles. The van der Waals surface area contributed by atoms with Gasteiger partial charge in [-0.15, -0.1) is 0 Å². The maximum atomic E-state index is 12.1. The van der Waals surface area contributed by atoms with Crippen LogP contribution in [-0.4, -0.2) is 36.2 Å². The Hall–Kier alpha value is -1.45. The van der Waals surface area contributed by atoms with Gasteiger partial charge in [0, 0.05) is 25.2 Å². The molecule has 2 atom stereocenters. The summed E-state index contributed by atoms with van der Waals surface area (Å²) >= 11 is 0. The van der Waals surface area contributed by atoms with Crippen molar-refractivity contribution in [2.45, 2.75) is 38.8 Å². The van der Waals surface area contributed by atoms with Gasteiger partial charge in [0.25, 0.3) is 0 Å². The van der Waals surface area contributed by atoms with Gasteiger partial charge in [-0.05, 0) is 33.3 Å². The van der Waals surface area contributed by atoms with E-state index in [0.29, 0.717) is 5.92 Å². The fraction of sp³-hybridized carbons (Fsp3) is 0.643. The predicted molar refractivity (Wildman–Crippen MR) is 71.1 cm³/mol. The third-order valence-electron chi connectivity index (χ3n) is 3.36. The Balaban J connectivity index is 2.02. The highest BCUT2D eigenvalue weighted by atomic mass is 16.6. The normalized spacial score (nSPS) is 26.1. The van der Waals surface area contributed by atoms with Gasteiger partial charge < -0.3 is 15.0 Å². The second kappa shape index (κ2) is 4.67. The van der Waals surface area contributed by atoms with Gasteiger partial charge >= 0.3 is 6.09 Å². The summed E-state index contributed by atoms with van der Waals surface area (Å²) in [6.07, 6.45) is 7.05. The van der Waals surface area contributed by atoms with Gasteiger partial charge in [-0.1, -0.05) is 12.2 Å². The van der Waals surface area contributed by atoms with Gasteiger partial charge in [0.1, 0.15) is 5.60 Å². The summed E-state index contributed by atoms with van der Waals surface area (Å²) in [5.74, 6) is 0.382. The monoisotopic (exact) mass is 250 g/mol. The number of rotatable bonds is 1. The van der Waals surface area contributed by atoms with Crippen molar-refractivity contribution in [2.24, 2.45) is 5.92 Å². The molecule has 0 aromatic carbocycles. The van der Waals surface area contributed by atoms with Crippen molar-refractivity contribution >= 4 is 6.09 Å². The molecule has 2 rings (SSSR count). The van der Waals surface area contributed by atoms with Crippen LogP contribution in [0.25, 0.3) is 0 Å². The Morgan fingerprint density at radius 1 is 1.50 bits per heavy atom. The number of allylic oxidation sites excluding steroid dienone is 3. The van der Waals surface area contributed by atoms with Gasteiger partial charge in [-0.2, -0.15) is 0 Å². The molecule has 4 heteroatoms. The first-order chi connectivity index (χ1) is 8.38. The number of nitrogens with zero attached hydrogens (tertiary/aromatic N) is 1. The van der Waals surface area contributed by atoms with E-state index in [0.717, 1.165) is 13.0 Å². The third kappa shape index (κ3) is 2.68. The minimum absolute atomic E-state index is 0.177. The van der Waals surface area contributed by atoms with Crippen molar-refractivity contribution in [3.05, 3.63) is 23.9 Å². The average Bonchev–Trinajstić information content (AvgIpc) is 2.69. The second-order valence-electron chi connectivity index (χ2n) is 5.93. The maximum Gasteiger partial charge on any atom is 0.410 e. The molecule has 0 spiro atoms. The summed E-state index contributed by atoms with van der Waals surface area (Å²) in [7, 11) is 1.82. The Morgan fingerprint density at radius 3 is 2.89 bits per heavy atom. The molecule has 100 valence electrons. The van der Waals surface area contributed by atoms with Crippen LogP contribution in [0.2, 0.25) is 0 Å². The third-order valence-corrected chi connectivity index (χ3v) is 3.36. The second-order valence-corrected chi connectivity index (χ2v) is 5.93. The molecule has 1 fully saturated rings. The fourth-order valence-electron chi connectivity index (χ4n) is 2.44. The summed E-state index contributed by atoms with van der Waals surface area (Å²) in [5, 5.41) is 3.37. The molecule has 1 saturated heterocycles. The molecular formula is C14H22N2O2. The van der Waals surface area contributed by atoms with Gasteiger partial charge in [-0.25, -0.2) is 4.79 Å². The SMILES string of the molecule is CN(C(=O)OC(C)(C)C)C1CNC2=CC=CCC21. The summed E-state index contributed by atoms with van der Waals surface area (Å²) < 4.78 is 5.41. The van der Waals surface area contributed by atoms with Crippen molar-refractivity contribution in [1.29, 1.82) is 0 Å². The van der Waals surface area contributed by atoms with Crippen LogP contribution in [0, 0.1) is 5.92 Å². The molecule has 0 aromatic rings. The van der Waals surface area contributed by atoms with E-state index in [2.05, 4.69) is 23.5 Å². The van der Waals surface area contributed by atoms with Crippen molar-refractivity contribution < 1.29 is 9.53 Å². The van der Waals surface area contributed by atoms with E-state index < -0.39 is 5.60 Å². The zero-order valence-electron chi connectivity index (χ0n) is 11.6. The number of nitrogens with one attached hydrogen (secondary N) is 1. The van der Waals surface area contributed by atoms with Crippen LogP contribution >= 0.6 is 0 Å². The lowest BCUT2D eigenvalue weighted by Crippen LogP contribution is -2.44. The van der Waals surface area contributed by atoms with Crippen LogP contribution < -0.4 is 5.32 Å². The van der Waals surface area contributed by atoms with E-state index in [1.54, 1.807) is 4.90 Å². The van der Waals surface area contributed by atoms with Gasteiger partial charge in [0.15, 0.2) is 0 Å². The summed E-state index contributed by atoms with van der Waals surface area (Å²) in [5.41, 5.74) is 0.792. The molecular weight excluding hydrogens is 228 g/mol. The molecule has 0 saturated carbocycles. The highest BCUT2D eigenvalue weighted by Gasteiger charge is 2.37. The molecule has 0 aromatic heterocycles. The molecule has 1 aliphatic heterocycles. The van der Waals surface area contributed by atoms with E-state index in [1.807, 2.05) is 27.8 Å². The fourth-order valence-corrected chi connectivity index (χ4v) is 2.44. The molecule has 1 amide bonds. The highest BCUT2D eigenvalue weighted by molar-refractivity contribution is 5.68. The van der Waals surface area contributed by atoms with Gasteiger partial charge in [0.2, 0.25) is 0 Å². The van der Waals surface area contributed by atoms with Crippen molar-refractivity contribution in [3.63, 3.8) is 0 Å². The lowest BCUT2D eigenvalue weighted by atomic mass is 9.92. The minimum atomic E-state index is -0.442. The Kier molecular flexibility index (Phi) is 3.37. The van der Waals surface area contributed by atoms with Crippen LogP contribution in [0.1, 0.15) is 27.2 Å². The van der Waals surface area contributed by atoms with Crippen LogP contribution in [-0.2, 0) is 4.74 Å². The number of amides is 1. The van der Waals surface area contributed by atoms with E-state index in [-0.39, 0.29) is 12.1 Å². The lowest BCUT2D eigenvalue weighted by molar-refractivity contribution is 0.0206. The summed E-state index contributed by atoms with van der Waals surface area (Å²) in [4.78, 5) is 13.8. The van der Waals surface area contributed by atoms with Crippen LogP contribution in [0.4, 0.5) is 4.79 Å². The molecule has 18 heavy (non-hydrogen) atoms. The molecule has 1 heterocycles. The predicted octanol–water partition coefficient (Wildman–Crippen LogP) is 2.29. The van der Waals surface area contributed by atoms with Crippen LogP contribution in [0.5, 0.6) is 0 Å². The summed E-state index contributed by atoms with van der Waals surface area (Å²) in [6.45, 7) is 6.47. The topological polar surface area (TPSA) is 41.6 Å². The van der Waals surface area contributed by atoms with Gasteiger partial charge in [-0.3, -0.25) is 0 Å². The number of carbonyl (C=O) groups is 1. The zero-order chi connectivity index (χ0) is 13.3. The molecule has 2 aliphatic rings. The number of hydrogen-bond donors (Lipinski definition) is 1. The van der Waals surface area contributed by atoms with Crippen molar-refractivity contribution in [2.75, 3.05) is 13.6 Å². The number of fused-ring (bicyclic) bond motifs is 1. The van der Waals surface area contributed by atoms with Crippen molar-refractivity contribution in [3.8, 4) is 0 Å². The van der Waals surface area contributed by atoms with E-state index in [9.17, 15) is 4.79 Å². The number of carbonyl (C=O) groups excluding carboxylic acids is 1. The highest BCUT2D eigenvalue weighted by Crippen LogP contribution is 2.30. The van der Waals surface area contributed by atoms with E-state index in [4.69, 9.17) is 4.74 Å². The first-order valence-electron chi connectivity index (χ1n) is 6.45. The zero-order valence-corrected chi connectivity index (χ0v) is 11.6. The summed E-state index contributed by atoms with van der Waals surface area (Å²) in [6, 6.07) is 0.177. The molecule has 0 radical (unpaired) electrons. The van der Waals surface area contributed by atoms with Crippen molar-refractivity contribution in [1.82, 2.24) is 10.2 Å². The Labute approximate surface area is 109 Å². The van der Waals surface area contributed by atoms with Gasteiger partial charge in [0.05, 0.1) is 6.04 Å². The maximum absolute atomic E-state index is 12.1. The minimum Gasteiger partial charge on any atom is -0.444 e. The Bertz CT molecular complexity index is 393. The van der Waals surface area contributed by atoms with Crippen LogP contribution in [0.3, 0.4) is 0 Å². The number of ether oxygens (including phenoxy) is 1. The quantitative estimate of drug-likeness (QED) is 0.776. The molecule has 2 unspecified atom stereocenters. The first kappa shape index (κ1) is 13.0. The Morgan fingerprint density at radius 2 is 2.22 bits per heavy atom. The number of likely N-dealkylation sites (N-methyl/N-ethyl adjacent to an activating group) is 1. The standard InChI is InChI=1S/C14H22N2O2/c1-14(2,3)18-13(17)16(4)12-9-15-11-8-6-5-7-10(11)12/h5-6,8,10,12,15H,7,9H2,1-4H3. The first-order valence-corrected chi connectivity index (χ1v) is 6.45. The number of hydrogen-bond acceptors (Lipinski definition) is 3. The molecule has 1 N–H and O–H groups in total. The van der Waals surface area contributed by atoms with Crippen LogP contribution in [0.15, 0.2) is 23.9 Å². The molecule has 0 bridgehead atoms. The largest absolute Gasteiger partial charge is 0.444 e. The average molecular weight is 250 g/mol. The smallest absolute Gasteiger partial charge is 0.410 e. The molecule has 4 nitrogen and oxygen atoms in total. The van der Waals surface area contributed by atoms with E-state index in [1.165, 1.54) is 5.70 Å².